The van der Waals surface area contributed by atoms with Crippen molar-refractivity contribution in [1.82, 2.24) is 4.90 Å². The van der Waals surface area contributed by atoms with Gasteiger partial charge in [0.15, 0.2) is 0 Å². The number of hydrogen-bond donors (Lipinski definition) is 0. The van der Waals surface area contributed by atoms with Gasteiger partial charge in [0.1, 0.15) is 0 Å². The molecule has 0 fully saturated rings. The molecular weight excluding hydrogens is 178 g/mol. The van der Waals surface area contributed by atoms with Crippen LogP contribution in [0.1, 0.15) is 33.1 Å². The lowest BCUT2D eigenvalue weighted by Crippen LogP contribution is -2.14. The number of carbonyl (C=O) groups is 1. The first-order chi connectivity index (χ1) is 6.61. The van der Waals surface area contributed by atoms with E-state index >= 15 is 0 Å². The minimum Gasteiger partial charge on any atom is -0.463 e. The maximum atomic E-state index is 11.2. The second-order valence-corrected chi connectivity index (χ2v) is 3.39. The van der Waals surface area contributed by atoms with Crippen LogP contribution in [0.15, 0.2) is 11.8 Å². The van der Waals surface area contributed by atoms with Crippen LogP contribution in [-0.4, -0.2) is 31.6 Å². The highest BCUT2D eigenvalue weighted by Gasteiger charge is 2.03. The van der Waals surface area contributed by atoms with E-state index in [2.05, 4.69) is 6.92 Å². The highest BCUT2D eigenvalue weighted by atomic mass is 16.5. The number of nitrogens with zero attached hydrogens (tertiary/aromatic N) is 1. The average Bonchev–Trinajstić information content (AvgIpc) is 2.12. The number of esters is 1. The van der Waals surface area contributed by atoms with Crippen LogP contribution >= 0.6 is 0 Å². The van der Waals surface area contributed by atoms with Crippen LogP contribution in [0.5, 0.6) is 0 Å². The van der Waals surface area contributed by atoms with Crippen molar-refractivity contribution in [3.8, 4) is 0 Å². The topological polar surface area (TPSA) is 29.5 Å². The number of hydrogen-bond acceptors (Lipinski definition) is 3. The van der Waals surface area contributed by atoms with E-state index in [0.29, 0.717) is 6.61 Å². The Morgan fingerprint density at radius 2 is 2.00 bits per heavy atom. The van der Waals surface area contributed by atoms with Gasteiger partial charge in [0, 0.05) is 25.9 Å². The van der Waals surface area contributed by atoms with Gasteiger partial charge in [0.2, 0.25) is 0 Å². The minimum absolute atomic E-state index is 0.243. The summed E-state index contributed by atoms with van der Waals surface area (Å²) in [5, 5.41) is 0. The maximum Gasteiger partial charge on any atom is 0.332 e. The molecule has 0 spiro atoms. The van der Waals surface area contributed by atoms with Gasteiger partial charge < -0.3 is 9.64 Å². The standard InChI is InChI=1S/C11H21NO2/c1-5-7-8-10(12(3)4)9-11(13)14-6-2/h9H,5-8H2,1-4H3. The van der Waals surface area contributed by atoms with E-state index in [0.717, 1.165) is 25.0 Å². The van der Waals surface area contributed by atoms with E-state index in [9.17, 15) is 4.79 Å². The fraction of sp³-hybridized carbons (Fsp3) is 0.727. The van der Waals surface area contributed by atoms with Crippen LogP contribution in [0.25, 0.3) is 0 Å². The van der Waals surface area contributed by atoms with Crippen LogP contribution < -0.4 is 0 Å². The van der Waals surface area contributed by atoms with Gasteiger partial charge in [-0.2, -0.15) is 0 Å². The Kier molecular flexibility index (Phi) is 6.89. The molecule has 0 unspecified atom stereocenters. The number of unbranched alkanes of at least 4 members (excludes halogenated alkanes) is 1. The monoisotopic (exact) mass is 199 g/mol. The van der Waals surface area contributed by atoms with Crippen molar-refractivity contribution in [3.05, 3.63) is 11.8 Å². The molecule has 0 aromatic rings. The fourth-order valence-electron chi connectivity index (χ4n) is 1.10. The summed E-state index contributed by atoms with van der Waals surface area (Å²) in [6.45, 7) is 4.38. The van der Waals surface area contributed by atoms with Gasteiger partial charge in [0.05, 0.1) is 6.61 Å². The van der Waals surface area contributed by atoms with Crippen LogP contribution in [0.2, 0.25) is 0 Å². The van der Waals surface area contributed by atoms with Crippen LogP contribution in [-0.2, 0) is 9.53 Å². The molecule has 0 rings (SSSR count). The third-order valence-electron chi connectivity index (χ3n) is 1.93. The molecule has 0 aromatic carbocycles. The van der Waals surface area contributed by atoms with Crippen molar-refractivity contribution >= 4 is 5.97 Å². The third-order valence-corrected chi connectivity index (χ3v) is 1.93. The molecular formula is C11H21NO2. The molecule has 0 bridgehead atoms. The molecule has 3 heteroatoms. The second-order valence-electron chi connectivity index (χ2n) is 3.39. The van der Waals surface area contributed by atoms with Gasteiger partial charge in [-0.05, 0) is 19.8 Å². The first-order valence-corrected chi connectivity index (χ1v) is 5.16. The molecule has 0 aliphatic rings. The van der Waals surface area contributed by atoms with Crippen molar-refractivity contribution in [2.24, 2.45) is 0 Å². The van der Waals surface area contributed by atoms with Crippen molar-refractivity contribution < 1.29 is 9.53 Å². The second kappa shape index (κ2) is 7.42. The first-order valence-electron chi connectivity index (χ1n) is 5.16. The molecule has 3 nitrogen and oxygen atoms in total. The molecule has 0 aliphatic carbocycles. The van der Waals surface area contributed by atoms with Crippen LogP contribution in [0.3, 0.4) is 0 Å². The van der Waals surface area contributed by atoms with E-state index in [1.54, 1.807) is 6.08 Å². The predicted molar refractivity (Wildman–Crippen MR) is 57.9 cm³/mol. The fourth-order valence-corrected chi connectivity index (χ4v) is 1.10. The largest absolute Gasteiger partial charge is 0.463 e. The summed E-state index contributed by atoms with van der Waals surface area (Å²) in [4.78, 5) is 13.2. The molecule has 0 aromatic heterocycles. The SMILES string of the molecule is CCCCC(=CC(=O)OCC)N(C)C. The van der Waals surface area contributed by atoms with Crippen LogP contribution in [0.4, 0.5) is 0 Å². The lowest BCUT2D eigenvalue weighted by Gasteiger charge is -2.16. The molecule has 0 atom stereocenters. The highest BCUT2D eigenvalue weighted by molar-refractivity contribution is 5.82. The van der Waals surface area contributed by atoms with Gasteiger partial charge in [-0.3, -0.25) is 0 Å². The quantitative estimate of drug-likeness (QED) is 0.485. The molecule has 0 N–H and O–H groups in total. The summed E-state index contributed by atoms with van der Waals surface area (Å²) in [5.74, 6) is -0.243. The summed E-state index contributed by atoms with van der Waals surface area (Å²) in [6, 6.07) is 0. The van der Waals surface area contributed by atoms with E-state index in [1.165, 1.54) is 0 Å². The molecule has 0 radical (unpaired) electrons. The van der Waals surface area contributed by atoms with Crippen molar-refractivity contribution in [2.45, 2.75) is 33.1 Å². The van der Waals surface area contributed by atoms with E-state index in [1.807, 2.05) is 25.9 Å². The molecule has 0 amide bonds. The van der Waals surface area contributed by atoms with Gasteiger partial charge in [-0.1, -0.05) is 13.3 Å². The number of allylic oxidation sites excluding steroid dienone is 1. The normalized spacial score (nSPS) is 11.3. The van der Waals surface area contributed by atoms with E-state index in [4.69, 9.17) is 4.74 Å². The molecule has 0 heterocycles. The van der Waals surface area contributed by atoms with Gasteiger partial charge in [-0.25, -0.2) is 4.79 Å². The number of carbonyl (C=O) groups excluding carboxylic acids is 1. The zero-order chi connectivity index (χ0) is 11.0. The number of rotatable bonds is 6. The van der Waals surface area contributed by atoms with Gasteiger partial charge in [0.25, 0.3) is 0 Å². The van der Waals surface area contributed by atoms with Gasteiger partial charge in [-0.15, -0.1) is 0 Å². The molecule has 0 saturated carbocycles. The summed E-state index contributed by atoms with van der Waals surface area (Å²) in [5.41, 5.74) is 1.03. The summed E-state index contributed by atoms with van der Waals surface area (Å²) >= 11 is 0. The van der Waals surface area contributed by atoms with Crippen molar-refractivity contribution in [1.29, 1.82) is 0 Å². The number of ether oxygens (including phenoxy) is 1. The zero-order valence-electron chi connectivity index (χ0n) is 9.67. The Balaban J connectivity index is 4.24. The molecule has 82 valence electrons. The minimum atomic E-state index is -0.243. The highest BCUT2D eigenvalue weighted by Crippen LogP contribution is 2.09. The summed E-state index contributed by atoms with van der Waals surface area (Å²) in [6.07, 6.45) is 4.75. The van der Waals surface area contributed by atoms with E-state index in [-0.39, 0.29) is 5.97 Å². The molecule has 14 heavy (non-hydrogen) atoms. The molecule has 0 saturated heterocycles. The Bertz CT molecular complexity index is 197. The Hall–Kier alpha value is -0.990. The zero-order valence-corrected chi connectivity index (χ0v) is 9.67. The third kappa shape index (κ3) is 5.62. The van der Waals surface area contributed by atoms with Crippen molar-refractivity contribution in [3.63, 3.8) is 0 Å². The smallest absolute Gasteiger partial charge is 0.332 e. The lowest BCUT2D eigenvalue weighted by molar-refractivity contribution is -0.137. The van der Waals surface area contributed by atoms with Gasteiger partial charge >= 0.3 is 5.97 Å². The van der Waals surface area contributed by atoms with Crippen LogP contribution in [0, 0.1) is 0 Å². The van der Waals surface area contributed by atoms with Crippen molar-refractivity contribution in [2.75, 3.05) is 20.7 Å². The Labute approximate surface area is 86.7 Å². The summed E-state index contributed by atoms with van der Waals surface area (Å²) < 4.78 is 4.86. The Morgan fingerprint density at radius 1 is 1.36 bits per heavy atom. The summed E-state index contributed by atoms with van der Waals surface area (Å²) in [7, 11) is 3.89. The molecule has 0 aliphatic heterocycles. The Morgan fingerprint density at radius 3 is 2.43 bits per heavy atom. The lowest BCUT2D eigenvalue weighted by atomic mass is 10.2. The average molecular weight is 199 g/mol. The van der Waals surface area contributed by atoms with E-state index < -0.39 is 0 Å². The maximum absolute atomic E-state index is 11.2. The first kappa shape index (κ1) is 13.0. The predicted octanol–water partition coefficient (Wildman–Crippen LogP) is 2.19.